The highest BCUT2D eigenvalue weighted by Gasteiger charge is 2.16. The first-order chi connectivity index (χ1) is 13.6. The molecule has 1 saturated heterocycles. The van der Waals surface area contributed by atoms with E-state index >= 15 is 0 Å². The monoisotopic (exact) mass is 406 g/mol. The van der Waals surface area contributed by atoms with Crippen LogP contribution in [0.25, 0.3) is 0 Å². The molecule has 0 aromatic heterocycles. The van der Waals surface area contributed by atoms with Crippen molar-refractivity contribution in [2.45, 2.75) is 19.4 Å². The van der Waals surface area contributed by atoms with Crippen LogP contribution in [0.1, 0.15) is 17.5 Å². The molecule has 0 spiro atoms. The predicted molar refractivity (Wildman–Crippen MR) is 111 cm³/mol. The average Bonchev–Trinajstić information content (AvgIpc) is 2.69. The molecular formula is C22H28ClFN2O2. The van der Waals surface area contributed by atoms with Crippen molar-refractivity contribution < 1.29 is 13.9 Å². The molecular weight excluding hydrogens is 379 g/mol. The number of halogens is 2. The largest absolute Gasteiger partial charge is 0.493 e. The summed E-state index contributed by atoms with van der Waals surface area (Å²) in [6.45, 7) is 5.60. The summed E-state index contributed by atoms with van der Waals surface area (Å²) in [6, 6.07) is 10.5. The molecule has 0 radical (unpaired) electrons. The highest BCUT2D eigenvalue weighted by molar-refractivity contribution is 6.31. The van der Waals surface area contributed by atoms with E-state index < -0.39 is 0 Å². The van der Waals surface area contributed by atoms with Crippen molar-refractivity contribution in [2.75, 3.05) is 46.9 Å². The molecule has 1 aliphatic heterocycles. The van der Waals surface area contributed by atoms with Gasteiger partial charge in [-0.3, -0.25) is 0 Å². The van der Waals surface area contributed by atoms with E-state index in [0.29, 0.717) is 22.1 Å². The van der Waals surface area contributed by atoms with Crippen molar-refractivity contribution >= 4 is 11.6 Å². The topological polar surface area (TPSA) is 24.9 Å². The smallest absolute Gasteiger partial charge is 0.164 e. The minimum absolute atomic E-state index is 0.0668. The quantitative estimate of drug-likeness (QED) is 0.654. The van der Waals surface area contributed by atoms with Gasteiger partial charge >= 0.3 is 0 Å². The summed E-state index contributed by atoms with van der Waals surface area (Å²) in [6.07, 6.45) is 1.91. The normalized spacial score (nSPS) is 15.6. The minimum atomic E-state index is -0.362. The van der Waals surface area contributed by atoms with E-state index in [4.69, 9.17) is 21.1 Å². The van der Waals surface area contributed by atoms with Crippen molar-refractivity contribution in [3.05, 3.63) is 58.4 Å². The first kappa shape index (κ1) is 20.9. The molecule has 2 aromatic rings. The first-order valence-corrected chi connectivity index (χ1v) is 10.1. The van der Waals surface area contributed by atoms with Gasteiger partial charge < -0.3 is 19.3 Å². The lowest BCUT2D eigenvalue weighted by atomic mass is 10.1. The van der Waals surface area contributed by atoms with Gasteiger partial charge in [0.1, 0.15) is 12.4 Å². The molecule has 3 rings (SSSR count). The van der Waals surface area contributed by atoms with Crippen LogP contribution in [0.3, 0.4) is 0 Å². The molecule has 0 atom stereocenters. The maximum atomic E-state index is 14.1. The number of hydrogen-bond acceptors (Lipinski definition) is 4. The molecule has 0 bridgehead atoms. The Bertz CT molecular complexity index is 759. The van der Waals surface area contributed by atoms with Crippen LogP contribution in [0.5, 0.6) is 11.5 Å². The first-order valence-electron chi connectivity index (χ1n) is 9.71. The molecule has 0 aliphatic carbocycles. The van der Waals surface area contributed by atoms with Gasteiger partial charge in [0.05, 0.1) is 12.1 Å². The fourth-order valence-electron chi connectivity index (χ4n) is 3.46. The third-order valence-electron chi connectivity index (χ3n) is 5.22. The Morgan fingerprint density at radius 3 is 2.54 bits per heavy atom. The highest BCUT2D eigenvalue weighted by atomic mass is 35.5. The fourth-order valence-corrected chi connectivity index (χ4v) is 3.68. The van der Waals surface area contributed by atoms with E-state index in [1.165, 1.54) is 6.07 Å². The Labute approximate surface area is 171 Å². The molecule has 4 nitrogen and oxygen atoms in total. The van der Waals surface area contributed by atoms with Crippen LogP contribution in [-0.2, 0) is 13.0 Å². The maximum absolute atomic E-state index is 14.1. The zero-order valence-corrected chi connectivity index (χ0v) is 17.3. The van der Waals surface area contributed by atoms with E-state index in [1.54, 1.807) is 19.2 Å². The zero-order valence-electron chi connectivity index (χ0n) is 16.6. The number of benzene rings is 2. The van der Waals surface area contributed by atoms with Gasteiger partial charge in [0, 0.05) is 31.7 Å². The number of ether oxygens (including phenoxy) is 2. The van der Waals surface area contributed by atoms with Gasteiger partial charge in [0.15, 0.2) is 11.5 Å². The molecule has 1 fully saturated rings. The Hall–Kier alpha value is -1.82. The predicted octanol–water partition coefficient (Wildman–Crippen LogP) is 4.25. The molecule has 0 unspecified atom stereocenters. The summed E-state index contributed by atoms with van der Waals surface area (Å²) in [4.78, 5) is 4.86. The van der Waals surface area contributed by atoms with Crippen molar-refractivity contribution in [1.29, 1.82) is 0 Å². The van der Waals surface area contributed by atoms with E-state index in [0.717, 1.165) is 51.1 Å². The number of hydrogen-bond donors (Lipinski definition) is 0. The maximum Gasteiger partial charge on any atom is 0.164 e. The fraction of sp³-hybridized carbons (Fsp3) is 0.455. The van der Waals surface area contributed by atoms with Gasteiger partial charge in [-0.25, -0.2) is 4.39 Å². The molecule has 2 aromatic carbocycles. The summed E-state index contributed by atoms with van der Waals surface area (Å²) in [7, 11) is 3.78. The van der Waals surface area contributed by atoms with Gasteiger partial charge in [0.25, 0.3) is 0 Å². The summed E-state index contributed by atoms with van der Waals surface area (Å²) >= 11 is 6.13. The number of para-hydroxylation sites is 1. The second-order valence-electron chi connectivity index (χ2n) is 7.19. The number of nitrogens with zero attached hydrogens (tertiary/aromatic N) is 2. The SMILES string of the molecule is COc1cccc(CCCN2CCN(C)CC2)c1OCc1c(F)cccc1Cl. The Morgan fingerprint density at radius 1 is 1.07 bits per heavy atom. The lowest BCUT2D eigenvalue weighted by Gasteiger charge is -2.32. The molecule has 1 aliphatic rings. The molecule has 1 heterocycles. The van der Waals surface area contributed by atoms with Gasteiger partial charge in [-0.1, -0.05) is 29.8 Å². The molecule has 0 saturated carbocycles. The van der Waals surface area contributed by atoms with E-state index in [9.17, 15) is 4.39 Å². The molecule has 28 heavy (non-hydrogen) atoms. The minimum Gasteiger partial charge on any atom is -0.493 e. The molecule has 6 heteroatoms. The van der Waals surface area contributed by atoms with Gasteiger partial charge in [0.2, 0.25) is 0 Å². The van der Waals surface area contributed by atoms with Crippen LogP contribution in [-0.4, -0.2) is 56.7 Å². The number of aryl methyl sites for hydroxylation is 1. The van der Waals surface area contributed by atoms with Gasteiger partial charge in [-0.2, -0.15) is 0 Å². The second kappa shape index (κ2) is 10.1. The van der Waals surface area contributed by atoms with Crippen LogP contribution >= 0.6 is 11.6 Å². The summed E-state index contributed by atoms with van der Waals surface area (Å²) < 4.78 is 25.5. The molecule has 0 amide bonds. The van der Waals surface area contributed by atoms with Crippen molar-refractivity contribution in [2.24, 2.45) is 0 Å². The summed E-state index contributed by atoms with van der Waals surface area (Å²) in [5, 5.41) is 0.367. The van der Waals surface area contributed by atoms with Crippen LogP contribution in [0.4, 0.5) is 4.39 Å². The van der Waals surface area contributed by atoms with Crippen LogP contribution in [0, 0.1) is 5.82 Å². The Balaban J connectivity index is 1.65. The standard InChI is InChI=1S/C22H28ClFN2O2/c1-25-12-14-26(15-13-25)11-5-7-17-6-3-10-21(27-2)22(17)28-16-18-19(23)8-4-9-20(18)24/h3-4,6,8-10H,5,7,11-16H2,1-2H3. The van der Waals surface area contributed by atoms with E-state index in [1.807, 2.05) is 18.2 Å². The van der Waals surface area contributed by atoms with Gasteiger partial charge in [-0.05, 0) is 50.2 Å². The second-order valence-corrected chi connectivity index (χ2v) is 7.59. The zero-order chi connectivity index (χ0) is 19.9. The highest BCUT2D eigenvalue weighted by Crippen LogP contribution is 2.33. The summed E-state index contributed by atoms with van der Waals surface area (Å²) in [5.41, 5.74) is 1.43. The van der Waals surface area contributed by atoms with Gasteiger partial charge in [-0.15, -0.1) is 0 Å². The van der Waals surface area contributed by atoms with Crippen molar-refractivity contribution in [3.63, 3.8) is 0 Å². The molecule has 152 valence electrons. The van der Waals surface area contributed by atoms with E-state index in [-0.39, 0.29) is 12.4 Å². The average molecular weight is 407 g/mol. The number of piperazine rings is 1. The lowest BCUT2D eigenvalue weighted by Crippen LogP contribution is -2.44. The van der Waals surface area contributed by atoms with Crippen molar-refractivity contribution in [3.8, 4) is 11.5 Å². The third-order valence-corrected chi connectivity index (χ3v) is 5.57. The third kappa shape index (κ3) is 5.37. The summed E-state index contributed by atoms with van der Waals surface area (Å²) in [5.74, 6) is 0.964. The van der Waals surface area contributed by atoms with Crippen LogP contribution in [0.2, 0.25) is 5.02 Å². The van der Waals surface area contributed by atoms with Crippen LogP contribution < -0.4 is 9.47 Å². The Kier molecular flexibility index (Phi) is 7.54. The van der Waals surface area contributed by atoms with E-state index in [2.05, 4.69) is 16.8 Å². The lowest BCUT2D eigenvalue weighted by molar-refractivity contribution is 0.153. The van der Waals surface area contributed by atoms with Crippen LogP contribution in [0.15, 0.2) is 36.4 Å². The number of likely N-dealkylation sites (N-methyl/N-ethyl adjacent to an activating group) is 1. The molecule has 0 N–H and O–H groups in total. The Morgan fingerprint density at radius 2 is 1.82 bits per heavy atom. The number of methoxy groups -OCH3 is 1. The van der Waals surface area contributed by atoms with Crippen molar-refractivity contribution in [1.82, 2.24) is 9.80 Å². The number of rotatable bonds is 8.